The summed E-state index contributed by atoms with van der Waals surface area (Å²) in [6.45, 7) is -1.52. The van der Waals surface area contributed by atoms with Crippen molar-refractivity contribution in [3.63, 3.8) is 0 Å². The van der Waals surface area contributed by atoms with Crippen molar-refractivity contribution in [1.29, 1.82) is 0 Å². The van der Waals surface area contributed by atoms with Crippen LogP contribution in [0.1, 0.15) is 12.8 Å². The third kappa shape index (κ3) is 4.23. The van der Waals surface area contributed by atoms with E-state index in [1.54, 1.807) is 0 Å². The Balaban J connectivity index is 4.08. The zero-order valence-electron chi connectivity index (χ0n) is 7.87. The second kappa shape index (κ2) is 7.00. The molecule has 0 aromatic heterocycles. The molecule has 5 nitrogen and oxygen atoms in total. The maximum atomic E-state index is 11.2. The second-order valence-electron chi connectivity index (χ2n) is 3.10. The molecule has 0 aliphatic rings. The van der Waals surface area contributed by atoms with E-state index in [4.69, 9.17) is 26.9 Å². The molecule has 0 bridgehead atoms. The van der Waals surface area contributed by atoms with Crippen LogP contribution in [-0.4, -0.2) is 52.5 Å². The van der Waals surface area contributed by atoms with Crippen molar-refractivity contribution in [3.8, 4) is 0 Å². The third-order valence-electron chi connectivity index (χ3n) is 1.85. The largest absolute Gasteiger partial charge is 0.394 e. The third-order valence-corrected chi connectivity index (χ3v) is 2.12. The summed E-state index contributed by atoms with van der Waals surface area (Å²) in [7, 11) is 0. The van der Waals surface area contributed by atoms with Crippen molar-refractivity contribution in [2.75, 3.05) is 25.7 Å². The van der Waals surface area contributed by atoms with Crippen LogP contribution in [-0.2, 0) is 4.79 Å². The topological polar surface area (TPSA) is 89.8 Å². The number of hydrogen-bond donors (Lipinski definition) is 4. The van der Waals surface area contributed by atoms with E-state index in [-0.39, 0.29) is 12.3 Å². The molecule has 0 unspecified atom stereocenters. The average molecular weight is 226 g/mol. The number of amides is 1. The van der Waals surface area contributed by atoms with Crippen molar-refractivity contribution >= 4 is 17.5 Å². The molecule has 0 aromatic rings. The molecule has 84 valence electrons. The molecule has 0 heterocycles. The van der Waals surface area contributed by atoms with E-state index in [2.05, 4.69) is 5.32 Å². The van der Waals surface area contributed by atoms with Crippen molar-refractivity contribution in [3.05, 3.63) is 0 Å². The fraction of sp³-hybridized carbons (Fsp3) is 0.875. The molecule has 0 saturated carbocycles. The lowest BCUT2D eigenvalue weighted by atomic mass is 10.0. The van der Waals surface area contributed by atoms with Gasteiger partial charge in [0.15, 0.2) is 0 Å². The Morgan fingerprint density at radius 1 is 1.21 bits per heavy atom. The molecule has 0 spiro atoms. The van der Waals surface area contributed by atoms with Gasteiger partial charge in [-0.05, 0) is 6.42 Å². The number of aliphatic hydroxyl groups excluding tert-OH is 3. The highest BCUT2D eigenvalue weighted by molar-refractivity contribution is 6.17. The fourth-order valence-corrected chi connectivity index (χ4v) is 0.988. The molecular weight excluding hydrogens is 210 g/mol. The van der Waals surface area contributed by atoms with E-state index in [1.165, 1.54) is 0 Å². The van der Waals surface area contributed by atoms with Crippen LogP contribution in [0.25, 0.3) is 0 Å². The summed E-state index contributed by atoms with van der Waals surface area (Å²) in [6, 6.07) is 0. The highest BCUT2D eigenvalue weighted by atomic mass is 35.5. The molecule has 0 saturated heterocycles. The zero-order chi connectivity index (χ0) is 11.0. The Labute approximate surface area is 87.7 Å². The summed E-state index contributed by atoms with van der Waals surface area (Å²) in [6.07, 6.45) is 0.733. The van der Waals surface area contributed by atoms with Gasteiger partial charge in [0.2, 0.25) is 5.91 Å². The van der Waals surface area contributed by atoms with Gasteiger partial charge in [-0.1, -0.05) is 0 Å². The molecule has 14 heavy (non-hydrogen) atoms. The van der Waals surface area contributed by atoms with Gasteiger partial charge in [-0.3, -0.25) is 4.79 Å². The summed E-state index contributed by atoms with van der Waals surface area (Å²) in [5.74, 6) is 0.0282. The molecule has 0 radical (unpaired) electrons. The first-order valence-electron chi connectivity index (χ1n) is 4.33. The van der Waals surface area contributed by atoms with E-state index in [0.29, 0.717) is 12.3 Å². The number of alkyl halides is 1. The smallest absolute Gasteiger partial charge is 0.220 e. The summed E-state index contributed by atoms with van der Waals surface area (Å²) in [4.78, 5) is 11.2. The van der Waals surface area contributed by atoms with Gasteiger partial charge in [0.05, 0.1) is 19.8 Å². The van der Waals surface area contributed by atoms with Crippen LogP contribution in [0, 0.1) is 0 Å². The highest BCUT2D eigenvalue weighted by Gasteiger charge is 2.29. The van der Waals surface area contributed by atoms with Crippen molar-refractivity contribution < 1.29 is 20.1 Å². The molecule has 0 aliphatic carbocycles. The Hall–Kier alpha value is -0.360. The van der Waals surface area contributed by atoms with E-state index < -0.39 is 25.4 Å². The average Bonchev–Trinajstić information content (AvgIpc) is 2.23. The fourth-order valence-electron chi connectivity index (χ4n) is 0.854. The first-order valence-corrected chi connectivity index (χ1v) is 4.87. The minimum atomic E-state index is -1.33. The van der Waals surface area contributed by atoms with Gasteiger partial charge >= 0.3 is 0 Å². The standard InChI is InChI=1S/C8H16ClNO4/c9-3-1-2-7(14)10-8(4-11,5-12)6-13/h11-13H,1-6H2,(H,10,14). The predicted octanol–water partition coefficient (Wildman–Crippen LogP) is -1.16. The minimum Gasteiger partial charge on any atom is -0.394 e. The molecule has 0 aliphatic heterocycles. The summed E-state index contributed by atoms with van der Waals surface area (Å²) in [5, 5.41) is 29.0. The number of halogens is 1. The molecule has 0 rings (SSSR count). The minimum absolute atomic E-state index is 0.214. The maximum absolute atomic E-state index is 11.2. The van der Waals surface area contributed by atoms with E-state index in [0.717, 1.165) is 0 Å². The van der Waals surface area contributed by atoms with Crippen LogP contribution in [0.2, 0.25) is 0 Å². The lowest BCUT2D eigenvalue weighted by molar-refractivity contribution is -0.125. The van der Waals surface area contributed by atoms with Gasteiger partial charge < -0.3 is 20.6 Å². The molecule has 0 aromatic carbocycles. The number of aliphatic hydroxyl groups is 3. The molecule has 0 atom stereocenters. The van der Waals surface area contributed by atoms with Crippen molar-refractivity contribution in [2.24, 2.45) is 0 Å². The van der Waals surface area contributed by atoms with Gasteiger partial charge in [0, 0.05) is 12.3 Å². The van der Waals surface area contributed by atoms with Crippen LogP contribution in [0.3, 0.4) is 0 Å². The van der Waals surface area contributed by atoms with Crippen LogP contribution in [0.15, 0.2) is 0 Å². The van der Waals surface area contributed by atoms with E-state index in [1.807, 2.05) is 0 Å². The molecule has 6 heteroatoms. The summed E-state index contributed by atoms with van der Waals surface area (Å²) in [5.41, 5.74) is -1.33. The van der Waals surface area contributed by atoms with Crippen LogP contribution < -0.4 is 5.32 Å². The van der Waals surface area contributed by atoms with Gasteiger partial charge in [-0.2, -0.15) is 0 Å². The number of hydrogen-bond acceptors (Lipinski definition) is 4. The van der Waals surface area contributed by atoms with E-state index in [9.17, 15) is 4.79 Å². The number of carbonyl (C=O) groups is 1. The summed E-state index contributed by atoms with van der Waals surface area (Å²) >= 11 is 5.39. The maximum Gasteiger partial charge on any atom is 0.220 e. The van der Waals surface area contributed by atoms with Crippen molar-refractivity contribution in [1.82, 2.24) is 5.32 Å². The van der Waals surface area contributed by atoms with Gasteiger partial charge in [0.25, 0.3) is 0 Å². The van der Waals surface area contributed by atoms with Gasteiger partial charge in [-0.25, -0.2) is 0 Å². The first-order chi connectivity index (χ1) is 6.64. The molecule has 4 N–H and O–H groups in total. The predicted molar refractivity (Wildman–Crippen MR) is 52.1 cm³/mol. The number of carbonyl (C=O) groups excluding carboxylic acids is 1. The molecule has 1 amide bonds. The van der Waals surface area contributed by atoms with Crippen LogP contribution in [0.4, 0.5) is 0 Å². The Morgan fingerprint density at radius 2 is 1.71 bits per heavy atom. The Kier molecular flexibility index (Phi) is 6.82. The molecular formula is C8H16ClNO4. The van der Waals surface area contributed by atoms with Crippen LogP contribution in [0.5, 0.6) is 0 Å². The van der Waals surface area contributed by atoms with E-state index >= 15 is 0 Å². The van der Waals surface area contributed by atoms with Crippen molar-refractivity contribution in [2.45, 2.75) is 18.4 Å². The quantitative estimate of drug-likeness (QED) is 0.412. The number of nitrogens with one attached hydrogen (secondary N) is 1. The highest BCUT2D eigenvalue weighted by Crippen LogP contribution is 2.03. The van der Waals surface area contributed by atoms with Gasteiger partial charge in [0.1, 0.15) is 5.54 Å². The zero-order valence-corrected chi connectivity index (χ0v) is 8.63. The van der Waals surface area contributed by atoms with Crippen LogP contribution >= 0.6 is 11.6 Å². The molecule has 0 fully saturated rings. The Bertz CT molecular complexity index is 164. The number of rotatable bonds is 7. The first kappa shape index (κ1) is 13.6. The monoisotopic (exact) mass is 225 g/mol. The second-order valence-corrected chi connectivity index (χ2v) is 3.47. The SMILES string of the molecule is O=C(CCCCl)NC(CO)(CO)CO. The lowest BCUT2D eigenvalue weighted by Crippen LogP contribution is -2.57. The van der Waals surface area contributed by atoms with Gasteiger partial charge in [-0.15, -0.1) is 11.6 Å². The summed E-state index contributed by atoms with van der Waals surface area (Å²) < 4.78 is 0. The normalized spacial score (nSPS) is 11.4. The lowest BCUT2D eigenvalue weighted by Gasteiger charge is -2.28. The Morgan fingerprint density at radius 3 is 2.07 bits per heavy atom.